The van der Waals surface area contributed by atoms with Gasteiger partial charge in [-0.15, -0.1) is 0 Å². The number of H-pyrrole nitrogens is 1. The van der Waals surface area contributed by atoms with Gasteiger partial charge >= 0.3 is 0 Å². The largest absolute Gasteiger partial charge is 0.394 e. The Morgan fingerprint density at radius 2 is 1.89 bits per heavy atom. The Bertz CT molecular complexity index is 644. The highest BCUT2D eigenvalue weighted by Crippen LogP contribution is 2.02. The fourth-order valence-electron chi connectivity index (χ4n) is 1.73. The molecule has 2 rings (SSSR count). The van der Waals surface area contributed by atoms with Crippen molar-refractivity contribution < 1.29 is 9.84 Å². The molecule has 0 amide bonds. The van der Waals surface area contributed by atoms with Crippen LogP contribution in [-0.2, 0) is 11.3 Å². The number of nitrogens with zero attached hydrogens (tertiary/aromatic N) is 1. The van der Waals surface area contributed by atoms with E-state index in [1.165, 1.54) is 4.68 Å². The average molecular weight is 250 g/mol. The number of hydrogen-bond donors (Lipinski definition) is 2. The molecule has 0 aliphatic rings. The Morgan fingerprint density at radius 3 is 2.61 bits per heavy atom. The molecule has 1 heterocycles. The Morgan fingerprint density at radius 1 is 1.17 bits per heavy atom. The zero-order chi connectivity index (χ0) is 13.0. The van der Waals surface area contributed by atoms with Crippen LogP contribution in [0, 0.1) is 0 Å². The number of fused-ring (bicyclic) bond motifs is 1. The van der Waals surface area contributed by atoms with E-state index in [4.69, 9.17) is 9.84 Å². The van der Waals surface area contributed by atoms with Crippen LogP contribution in [0.4, 0.5) is 0 Å². The predicted molar refractivity (Wildman–Crippen MR) is 66.7 cm³/mol. The van der Waals surface area contributed by atoms with E-state index in [1.54, 1.807) is 24.3 Å². The maximum Gasteiger partial charge on any atom is 0.273 e. The lowest BCUT2D eigenvalue weighted by Gasteiger charge is -2.07. The van der Waals surface area contributed by atoms with Gasteiger partial charge in [-0.3, -0.25) is 14.7 Å². The zero-order valence-electron chi connectivity index (χ0n) is 9.76. The molecule has 1 aromatic carbocycles. The monoisotopic (exact) mass is 250 g/mol. The minimum absolute atomic E-state index is 0.0663. The van der Waals surface area contributed by atoms with Gasteiger partial charge in [0, 0.05) is 0 Å². The molecule has 6 heteroatoms. The number of ether oxygens (including phenoxy) is 1. The highest BCUT2D eigenvalue weighted by atomic mass is 16.5. The normalized spacial score (nSPS) is 10.9. The quantitative estimate of drug-likeness (QED) is 0.713. The van der Waals surface area contributed by atoms with Crippen LogP contribution in [0.2, 0.25) is 0 Å². The van der Waals surface area contributed by atoms with E-state index in [0.717, 1.165) is 0 Å². The number of hydrogen-bond acceptors (Lipinski definition) is 4. The summed E-state index contributed by atoms with van der Waals surface area (Å²) in [5.74, 6) is 0. The summed E-state index contributed by atoms with van der Waals surface area (Å²) >= 11 is 0. The molecule has 2 N–H and O–H groups in total. The van der Waals surface area contributed by atoms with Crippen molar-refractivity contribution in [2.45, 2.75) is 6.54 Å². The number of rotatable bonds is 5. The van der Waals surface area contributed by atoms with Crippen LogP contribution in [0.5, 0.6) is 0 Å². The van der Waals surface area contributed by atoms with Gasteiger partial charge in [0.05, 0.1) is 37.1 Å². The van der Waals surface area contributed by atoms with Crippen molar-refractivity contribution in [2.75, 3.05) is 19.8 Å². The molecule has 1 aromatic heterocycles. The predicted octanol–water partition coefficient (Wildman–Crippen LogP) is -0.301. The Hall–Kier alpha value is -1.92. The van der Waals surface area contributed by atoms with E-state index >= 15 is 0 Å². The number of nitrogens with one attached hydrogen (secondary N) is 1. The third-order valence-electron chi connectivity index (χ3n) is 2.58. The van der Waals surface area contributed by atoms with Crippen LogP contribution in [0.3, 0.4) is 0 Å². The maximum absolute atomic E-state index is 12.0. The molecule has 2 aromatic rings. The van der Waals surface area contributed by atoms with Gasteiger partial charge in [0.25, 0.3) is 11.1 Å². The molecule has 0 aliphatic carbocycles. The SMILES string of the molecule is O=c1[nH]n(CCOCCO)c(=O)c2ccccc12. The van der Waals surface area contributed by atoms with Crippen molar-refractivity contribution in [1.29, 1.82) is 0 Å². The van der Waals surface area contributed by atoms with Gasteiger partial charge in [0.15, 0.2) is 0 Å². The third kappa shape index (κ3) is 2.49. The number of benzene rings is 1. The van der Waals surface area contributed by atoms with Gasteiger partial charge < -0.3 is 9.84 Å². The molecule has 0 radical (unpaired) electrons. The molecular weight excluding hydrogens is 236 g/mol. The number of aromatic nitrogens is 2. The molecular formula is C12H14N2O4. The molecule has 0 aliphatic heterocycles. The molecule has 0 saturated heterocycles. The molecule has 0 saturated carbocycles. The van der Waals surface area contributed by atoms with Crippen molar-refractivity contribution in [2.24, 2.45) is 0 Å². The van der Waals surface area contributed by atoms with Gasteiger partial charge in [-0.25, -0.2) is 4.68 Å². The maximum atomic E-state index is 12.0. The number of aliphatic hydroxyl groups is 1. The summed E-state index contributed by atoms with van der Waals surface area (Å²) in [7, 11) is 0. The van der Waals surface area contributed by atoms with Gasteiger partial charge in [-0.1, -0.05) is 12.1 Å². The second-order valence-electron chi connectivity index (χ2n) is 3.78. The average Bonchev–Trinajstić information content (AvgIpc) is 2.40. The highest BCUT2D eigenvalue weighted by molar-refractivity contribution is 5.80. The lowest BCUT2D eigenvalue weighted by Crippen LogP contribution is -2.31. The zero-order valence-corrected chi connectivity index (χ0v) is 9.76. The van der Waals surface area contributed by atoms with E-state index in [2.05, 4.69) is 5.10 Å². The first-order valence-electron chi connectivity index (χ1n) is 5.64. The molecule has 0 spiro atoms. The molecule has 96 valence electrons. The van der Waals surface area contributed by atoms with Crippen LogP contribution in [0.1, 0.15) is 0 Å². The lowest BCUT2D eigenvalue weighted by molar-refractivity contribution is 0.0847. The standard InChI is InChI=1S/C12H14N2O4/c15-6-8-18-7-5-14-12(17)10-4-2-1-3-9(10)11(16)13-14/h1-4,15H,5-8H2,(H,13,16). The van der Waals surface area contributed by atoms with Gasteiger partial charge in [-0.05, 0) is 12.1 Å². The van der Waals surface area contributed by atoms with Crippen LogP contribution >= 0.6 is 0 Å². The van der Waals surface area contributed by atoms with Crippen molar-refractivity contribution in [1.82, 2.24) is 9.78 Å². The second kappa shape index (κ2) is 5.61. The second-order valence-corrected chi connectivity index (χ2v) is 3.78. The summed E-state index contributed by atoms with van der Waals surface area (Å²) in [5, 5.41) is 11.8. The minimum Gasteiger partial charge on any atom is -0.394 e. The summed E-state index contributed by atoms with van der Waals surface area (Å²) in [6.07, 6.45) is 0. The summed E-state index contributed by atoms with van der Waals surface area (Å²) in [5.41, 5.74) is -0.551. The van der Waals surface area contributed by atoms with Gasteiger partial charge in [-0.2, -0.15) is 0 Å². The van der Waals surface area contributed by atoms with E-state index in [9.17, 15) is 9.59 Å². The van der Waals surface area contributed by atoms with Crippen molar-refractivity contribution in [3.05, 3.63) is 45.0 Å². The van der Waals surface area contributed by atoms with Crippen LogP contribution in [0.25, 0.3) is 10.8 Å². The lowest BCUT2D eigenvalue weighted by atomic mass is 10.2. The number of aliphatic hydroxyl groups excluding tert-OH is 1. The Balaban J connectivity index is 2.32. The van der Waals surface area contributed by atoms with Gasteiger partial charge in [0.2, 0.25) is 0 Å². The van der Waals surface area contributed by atoms with Crippen LogP contribution in [0.15, 0.2) is 33.9 Å². The fraction of sp³-hybridized carbons (Fsp3) is 0.333. The summed E-state index contributed by atoms with van der Waals surface area (Å²) in [6.45, 7) is 0.656. The molecule has 0 unspecified atom stereocenters. The van der Waals surface area contributed by atoms with Gasteiger partial charge in [0.1, 0.15) is 0 Å². The summed E-state index contributed by atoms with van der Waals surface area (Å²) < 4.78 is 6.29. The van der Waals surface area contributed by atoms with E-state index in [-0.39, 0.29) is 37.5 Å². The van der Waals surface area contributed by atoms with E-state index in [0.29, 0.717) is 10.8 Å². The van der Waals surface area contributed by atoms with Crippen molar-refractivity contribution >= 4 is 10.8 Å². The molecule has 0 fully saturated rings. The third-order valence-corrected chi connectivity index (χ3v) is 2.58. The highest BCUT2D eigenvalue weighted by Gasteiger charge is 2.05. The fourth-order valence-corrected chi connectivity index (χ4v) is 1.73. The Kier molecular flexibility index (Phi) is 3.91. The molecule has 6 nitrogen and oxygen atoms in total. The van der Waals surface area contributed by atoms with Crippen LogP contribution < -0.4 is 11.1 Å². The molecule has 18 heavy (non-hydrogen) atoms. The molecule has 0 bridgehead atoms. The van der Waals surface area contributed by atoms with Crippen molar-refractivity contribution in [3.8, 4) is 0 Å². The van der Waals surface area contributed by atoms with Crippen molar-refractivity contribution in [3.63, 3.8) is 0 Å². The minimum atomic E-state index is -0.299. The first-order valence-corrected chi connectivity index (χ1v) is 5.64. The Labute approximate surface area is 102 Å². The smallest absolute Gasteiger partial charge is 0.273 e. The number of aromatic amines is 1. The van der Waals surface area contributed by atoms with Crippen LogP contribution in [-0.4, -0.2) is 34.7 Å². The van der Waals surface area contributed by atoms with E-state index < -0.39 is 0 Å². The topological polar surface area (TPSA) is 84.3 Å². The first kappa shape index (κ1) is 12.5. The summed E-state index contributed by atoms with van der Waals surface area (Å²) in [4.78, 5) is 23.8. The van der Waals surface area contributed by atoms with E-state index in [1.807, 2.05) is 0 Å². The summed E-state index contributed by atoms with van der Waals surface area (Å²) in [6, 6.07) is 6.67. The molecule has 0 atom stereocenters. The first-order chi connectivity index (χ1) is 8.74.